The van der Waals surface area contributed by atoms with Gasteiger partial charge in [-0.05, 0) is 50.1 Å². The maximum Gasteiger partial charge on any atom is 0.256 e. The van der Waals surface area contributed by atoms with Crippen molar-refractivity contribution in [2.24, 2.45) is 0 Å². The second kappa shape index (κ2) is 5.55. The van der Waals surface area contributed by atoms with Crippen LogP contribution in [0.3, 0.4) is 0 Å². The van der Waals surface area contributed by atoms with Crippen LogP contribution < -0.4 is 11.1 Å². The molecule has 2 rings (SSSR count). The summed E-state index contributed by atoms with van der Waals surface area (Å²) in [6.07, 6.45) is 0. The monoisotopic (exact) mass is 288 g/mol. The van der Waals surface area contributed by atoms with Crippen molar-refractivity contribution in [2.75, 3.05) is 11.1 Å². The predicted octanol–water partition coefficient (Wildman–Crippen LogP) is 4.10. The number of amides is 1. The Labute approximate surface area is 123 Å². The maximum absolute atomic E-state index is 12.4. The van der Waals surface area contributed by atoms with Crippen LogP contribution in [0.15, 0.2) is 30.3 Å². The van der Waals surface area contributed by atoms with Crippen LogP contribution in [0, 0.1) is 20.8 Å². The van der Waals surface area contributed by atoms with Gasteiger partial charge in [-0.25, -0.2) is 0 Å². The maximum atomic E-state index is 12.4. The van der Waals surface area contributed by atoms with Gasteiger partial charge < -0.3 is 11.1 Å². The number of carbonyl (C=O) groups excluding carboxylic acids is 1. The van der Waals surface area contributed by atoms with Gasteiger partial charge in [-0.15, -0.1) is 0 Å². The van der Waals surface area contributed by atoms with E-state index in [1.165, 1.54) is 0 Å². The highest BCUT2D eigenvalue weighted by atomic mass is 35.5. The molecular formula is C16H17ClN2O. The van der Waals surface area contributed by atoms with Crippen LogP contribution in [0.5, 0.6) is 0 Å². The molecule has 0 saturated heterocycles. The van der Waals surface area contributed by atoms with Gasteiger partial charge in [-0.2, -0.15) is 0 Å². The smallest absolute Gasteiger partial charge is 0.256 e. The molecule has 0 atom stereocenters. The van der Waals surface area contributed by atoms with Gasteiger partial charge in [0.05, 0.1) is 10.7 Å². The van der Waals surface area contributed by atoms with Crippen LogP contribution in [0.25, 0.3) is 0 Å². The van der Waals surface area contributed by atoms with Gasteiger partial charge in [-0.1, -0.05) is 29.3 Å². The number of hydrogen-bond donors (Lipinski definition) is 2. The lowest BCUT2D eigenvalue weighted by molar-refractivity contribution is 0.102. The Morgan fingerprint density at radius 2 is 1.70 bits per heavy atom. The zero-order valence-corrected chi connectivity index (χ0v) is 12.5. The molecule has 0 unspecified atom stereocenters. The van der Waals surface area contributed by atoms with Crippen LogP contribution in [-0.4, -0.2) is 5.91 Å². The van der Waals surface area contributed by atoms with Crippen molar-refractivity contribution in [1.82, 2.24) is 0 Å². The molecule has 3 nitrogen and oxygen atoms in total. The lowest BCUT2D eigenvalue weighted by Crippen LogP contribution is -2.15. The van der Waals surface area contributed by atoms with Crippen molar-refractivity contribution >= 4 is 28.9 Å². The number of nitrogen functional groups attached to an aromatic ring is 1. The van der Waals surface area contributed by atoms with E-state index in [1.807, 2.05) is 32.9 Å². The van der Waals surface area contributed by atoms with Gasteiger partial charge in [-0.3, -0.25) is 4.79 Å². The van der Waals surface area contributed by atoms with Crippen LogP contribution in [0.4, 0.5) is 11.4 Å². The molecule has 0 spiro atoms. The number of aryl methyl sites for hydroxylation is 3. The highest BCUT2D eigenvalue weighted by molar-refractivity contribution is 6.33. The number of anilines is 2. The minimum atomic E-state index is -0.138. The molecule has 0 bridgehead atoms. The van der Waals surface area contributed by atoms with Gasteiger partial charge in [0.1, 0.15) is 0 Å². The Morgan fingerprint density at radius 3 is 2.25 bits per heavy atom. The van der Waals surface area contributed by atoms with Crippen molar-refractivity contribution in [2.45, 2.75) is 20.8 Å². The highest BCUT2D eigenvalue weighted by Gasteiger charge is 2.13. The molecule has 2 aromatic rings. The van der Waals surface area contributed by atoms with E-state index in [0.717, 1.165) is 16.7 Å². The molecule has 3 N–H and O–H groups in total. The summed E-state index contributed by atoms with van der Waals surface area (Å²) in [6, 6.07) is 9.05. The number of hydrogen-bond acceptors (Lipinski definition) is 2. The molecule has 0 saturated carbocycles. The number of carbonyl (C=O) groups is 1. The normalized spacial score (nSPS) is 10.4. The predicted molar refractivity (Wildman–Crippen MR) is 84.5 cm³/mol. The number of rotatable bonds is 2. The third-order valence-electron chi connectivity index (χ3n) is 3.16. The Hall–Kier alpha value is -2.00. The number of nitrogens with two attached hydrogens (primary N) is 1. The second-order valence-electron chi connectivity index (χ2n) is 4.96. The first-order valence-electron chi connectivity index (χ1n) is 6.32. The van der Waals surface area contributed by atoms with Crippen molar-refractivity contribution in [3.05, 3.63) is 57.6 Å². The molecular weight excluding hydrogens is 272 g/mol. The van der Waals surface area contributed by atoms with Crippen LogP contribution in [0.2, 0.25) is 5.02 Å². The van der Waals surface area contributed by atoms with Crippen molar-refractivity contribution < 1.29 is 4.79 Å². The van der Waals surface area contributed by atoms with Crippen LogP contribution in [0.1, 0.15) is 27.0 Å². The average Bonchev–Trinajstić information content (AvgIpc) is 2.32. The fourth-order valence-corrected chi connectivity index (χ4v) is 2.52. The fraction of sp³-hybridized carbons (Fsp3) is 0.188. The van der Waals surface area contributed by atoms with E-state index in [-0.39, 0.29) is 5.91 Å². The average molecular weight is 289 g/mol. The van der Waals surface area contributed by atoms with Gasteiger partial charge in [0.15, 0.2) is 0 Å². The van der Waals surface area contributed by atoms with Gasteiger partial charge in [0.2, 0.25) is 0 Å². The SMILES string of the molecule is Cc1cc(C)c(C(=O)Nc2ccc(N)c(Cl)c2)c(C)c1. The second-order valence-corrected chi connectivity index (χ2v) is 5.37. The molecule has 0 aliphatic carbocycles. The largest absolute Gasteiger partial charge is 0.398 e. The Bertz CT molecular complexity index is 657. The highest BCUT2D eigenvalue weighted by Crippen LogP contribution is 2.24. The Kier molecular flexibility index (Phi) is 4.00. The first-order valence-corrected chi connectivity index (χ1v) is 6.70. The Morgan fingerprint density at radius 1 is 1.10 bits per heavy atom. The van der Waals surface area contributed by atoms with E-state index in [0.29, 0.717) is 22.0 Å². The summed E-state index contributed by atoms with van der Waals surface area (Å²) in [5, 5.41) is 3.28. The van der Waals surface area contributed by atoms with Crippen molar-refractivity contribution in [1.29, 1.82) is 0 Å². The summed E-state index contributed by atoms with van der Waals surface area (Å²) in [6.45, 7) is 5.89. The molecule has 0 aliphatic rings. The molecule has 0 aliphatic heterocycles. The third-order valence-corrected chi connectivity index (χ3v) is 3.49. The lowest BCUT2D eigenvalue weighted by Gasteiger charge is -2.12. The molecule has 0 fully saturated rings. The van der Waals surface area contributed by atoms with Crippen molar-refractivity contribution in [3.8, 4) is 0 Å². The summed E-state index contributed by atoms with van der Waals surface area (Å²) < 4.78 is 0. The molecule has 0 heterocycles. The zero-order valence-electron chi connectivity index (χ0n) is 11.8. The minimum Gasteiger partial charge on any atom is -0.398 e. The van der Waals surface area contributed by atoms with Gasteiger partial charge in [0, 0.05) is 11.3 Å². The summed E-state index contributed by atoms with van der Waals surface area (Å²) in [7, 11) is 0. The van der Waals surface area contributed by atoms with Crippen molar-refractivity contribution in [3.63, 3.8) is 0 Å². The molecule has 1 amide bonds. The molecule has 4 heteroatoms. The minimum absolute atomic E-state index is 0.138. The summed E-state index contributed by atoms with van der Waals surface area (Å²) in [5.41, 5.74) is 10.5. The molecule has 0 radical (unpaired) electrons. The van der Waals surface area contributed by atoms with E-state index >= 15 is 0 Å². The lowest BCUT2D eigenvalue weighted by atomic mass is 9.99. The first-order chi connectivity index (χ1) is 9.38. The van der Waals surface area contributed by atoms with E-state index < -0.39 is 0 Å². The standard InChI is InChI=1S/C16H17ClN2O/c1-9-6-10(2)15(11(3)7-9)16(20)19-12-4-5-14(18)13(17)8-12/h4-8H,18H2,1-3H3,(H,19,20). The zero-order chi connectivity index (χ0) is 14.9. The molecule has 20 heavy (non-hydrogen) atoms. The van der Waals surface area contributed by atoms with E-state index in [1.54, 1.807) is 18.2 Å². The van der Waals surface area contributed by atoms with E-state index in [2.05, 4.69) is 5.32 Å². The summed E-state index contributed by atoms with van der Waals surface area (Å²) in [4.78, 5) is 12.4. The first kappa shape index (κ1) is 14.4. The van der Waals surface area contributed by atoms with E-state index in [9.17, 15) is 4.79 Å². The summed E-state index contributed by atoms with van der Waals surface area (Å²) in [5.74, 6) is -0.138. The number of benzene rings is 2. The number of nitrogens with one attached hydrogen (secondary N) is 1. The van der Waals surface area contributed by atoms with Crippen LogP contribution >= 0.6 is 11.6 Å². The number of halogens is 1. The molecule has 0 aromatic heterocycles. The topological polar surface area (TPSA) is 55.1 Å². The third kappa shape index (κ3) is 2.94. The quantitative estimate of drug-likeness (QED) is 0.818. The van der Waals surface area contributed by atoms with E-state index in [4.69, 9.17) is 17.3 Å². The molecule has 2 aromatic carbocycles. The van der Waals surface area contributed by atoms with Gasteiger partial charge in [0.25, 0.3) is 5.91 Å². The fourth-order valence-electron chi connectivity index (χ4n) is 2.34. The Balaban J connectivity index is 2.31. The molecule has 104 valence electrons. The van der Waals surface area contributed by atoms with Gasteiger partial charge >= 0.3 is 0 Å². The summed E-state index contributed by atoms with van der Waals surface area (Å²) >= 11 is 5.95. The van der Waals surface area contributed by atoms with Crippen LogP contribution in [-0.2, 0) is 0 Å².